The summed E-state index contributed by atoms with van der Waals surface area (Å²) in [4.78, 5) is 15.6. The Morgan fingerprint density at radius 1 is 1.21 bits per heavy atom. The molecule has 0 aliphatic heterocycles. The van der Waals surface area contributed by atoms with Crippen molar-refractivity contribution in [2.75, 3.05) is 0 Å². The molecule has 19 heavy (non-hydrogen) atoms. The Bertz CT molecular complexity index is 302. The van der Waals surface area contributed by atoms with Crippen LogP contribution in [0.1, 0.15) is 66.2 Å². The number of carbonyl (C=O) groups is 1. The number of nitrogens with zero attached hydrogens (tertiary/aromatic N) is 2. The summed E-state index contributed by atoms with van der Waals surface area (Å²) in [5.41, 5.74) is 0. The molecule has 0 fully saturated rings. The van der Waals surface area contributed by atoms with Crippen LogP contribution < -0.4 is 0 Å². The highest BCUT2D eigenvalue weighted by Gasteiger charge is 2.14. The Morgan fingerprint density at radius 2 is 1.79 bits per heavy atom. The lowest BCUT2D eigenvalue weighted by Crippen LogP contribution is -2.21. The van der Waals surface area contributed by atoms with Gasteiger partial charge in [0, 0.05) is 12.4 Å². The zero-order valence-corrected chi connectivity index (χ0v) is 12.8. The number of imidazole rings is 1. The van der Waals surface area contributed by atoms with Crippen molar-refractivity contribution < 1.29 is 9.53 Å². The van der Waals surface area contributed by atoms with E-state index in [0.717, 1.165) is 38.5 Å². The van der Waals surface area contributed by atoms with Gasteiger partial charge in [-0.05, 0) is 12.8 Å². The standard InChI is InChI=1S/C13H22N2O2.C2H6/c1-3-5-7-12(8-6-4-2)17-13(16)15-10-9-14-11-15;1-2/h9-12H,3-8H2,1-2H3;1-2H3. The summed E-state index contributed by atoms with van der Waals surface area (Å²) in [5, 5.41) is 0. The van der Waals surface area contributed by atoms with Gasteiger partial charge in [0.1, 0.15) is 12.4 Å². The maximum absolute atomic E-state index is 11.7. The van der Waals surface area contributed by atoms with Crippen LogP contribution in [0.4, 0.5) is 4.79 Å². The molecule has 1 aromatic rings. The van der Waals surface area contributed by atoms with Gasteiger partial charge in [-0.1, -0.05) is 53.4 Å². The lowest BCUT2D eigenvalue weighted by Gasteiger charge is -2.17. The molecule has 1 aromatic heterocycles. The van der Waals surface area contributed by atoms with Crippen LogP contribution in [0.3, 0.4) is 0 Å². The van der Waals surface area contributed by atoms with Gasteiger partial charge in [0.15, 0.2) is 0 Å². The fraction of sp³-hybridized carbons (Fsp3) is 0.733. The molecule has 0 N–H and O–H groups in total. The normalized spacial score (nSPS) is 9.95. The lowest BCUT2D eigenvalue weighted by atomic mass is 10.1. The molecular weight excluding hydrogens is 240 g/mol. The van der Waals surface area contributed by atoms with E-state index in [9.17, 15) is 4.79 Å². The zero-order valence-electron chi connectivity index (χ0n) is 12.8. The van der Waals surface area contributed by atoms with Gasteiger partial charge < -0.3 is 4.74 Å². The molecule has 110 valence electrons. The maximum atomic E-state index is 11.7. The third-order valence-electron chi connectivity index (χ3n) is 2.74. The van der Waals surface area contributed by atoms with Crippen molar-refractivity contribution in [3.63, 3.8) is 0 Å². The average molecular weight is 268 g/mol. The van der Waals surface area contributed by atoms with Gasteiger partial charge >= 0.3 is 6.09 Å². The Kier molecular flexibility index (Phi) is 10.9. The van der Waals surface area contributed by atoms with Crippen LogP contribution in [0.2, 0.25) is 0 Å². The first kappa shape index (κ1) is 17.7. The quantitative estimate of drug-likeness (QED) is 0.723. The average Bonchev–Trinajstić information content (AvgIpc) is 2.98. The molecule has 4 heteroatoms. The van der Waals surface area contributed by atoms with Gasteiger partial charge in [0.05, 0.1) is 0 Å². The topological polar surface area (TPSA) is 44.1 Å². The molecule has 0 bridgehead atoms. The monoisotopic (exact) mass is 268 g/mol. The van der Waals surface area contributed by atoms with Crippen LogP contribution in [0, 0.1) is 0 Å². The van der Waals surface area contributed by atoms with Crippen molar-refractivity contribution in [1.82, 2.24) is 9.55 Å². The molecule has 4 nitrogen and oxygen atoms in total. The van der Waals surface area contributed by atoms with E-state index < -0.39 is 0 Å². The van der Waals surface area contributed by atoms with E-state index >= 15 is 0 Å². The molecule has 0 saturated heterocycles. The number of carbonyl (C=O) groups excluding carboxylic acids is 1. The second kappa shape index (κ2) is 11.8. The third kappa shape index (κ3) is 7.65. The lowest BCUT2D eigenvalue weighted by molar-refractivity contribution is 0.0859. The smallest absolute Gasteiger partial charge is 0.419 e. The van der Waals surface area contributed by atoms with Crippen molar-refractivity contribution in [3.8, 4) is 0 Å². The Hall–Kier alpha value is -1.32. The molecule has 0 aromatic carbocycles. The van der Waals surface area contributed by atoms with Gasteiger partial charge in [-0.25, -0.2) is 14.3 Å². The minimum Gasteiger partial charge on any atom is -0.446 e. The van der Waals surface area contributed by atoms with Gasteiger partial charge in [-0.2, -0.15) is 0 Å². The second-order valence-electron chi connectivity index (χ2n) is 4.26. The molecule has 1 rings (SSSR count). The summed E-state index contributed by atoms with van der Waals surface area (Å²) in [6.45, 7) is 8.29. The molecule has 0 saturated carbocycles. The van der Waals surface area contributed by atoms with Crippen LogP contribution in [0.5, 0.6) is 0 Å². The number of unbranched alkanes of at least 4 members (excludes halogenated alkanes) is 2. The molecule has 0 aliphatic carbocycles. The molecule has 0 atom stereocenters. The molecule has 1 heterocycles. The van der Waals surface area contributed by atoms with Gasteiger partial charge in [-0.3, -0.25) is 0 Å². The fourth-order valence-corrected chi connectivity index (χ4v) is 1.70. The summed E-state index contributed by atoms with van der Waals surface area (Å²) in [7, 11) is 0. The number of aromatic nitrogens is 2. The SMILES string of the molecule is CC.CCCCC(CCCC)OC(=O)n1ccnc1. The molecular formula is C15H28N2O2. The zero-order chi connectivity index (χ0) is 14.5. The predicted molar refractivity (Wildman–Crippen MR) is 78.3 cm³/mol. The highest BCUT2D eigenvalue weighted by Crippen LogP contribution is 2.13. The molecule has 0 amide bonds. The molecule has 0 spiro atoms. The first-order valence-electron chi connectivity index (χ1n) is 7.46. The highest BCUT2D eigenvalue weighted by molar-refractivity contribution is 5.70. The molecule has 0 radical (unpaired) electrons. The Labute approximate surface area is 117 Å². The predicted octanol–water partition coefficient (Wildman–Crippen LogP) is 4.64. The van der Waals surface area contributed by atoms with E-state index in [1.54, 1.807) is 12.4 Å². The highest BCUT2D eigenvalue weighted by atomic mass is 16.6. The summed E-state index contributed by atoms with van der Waals surface area (Å²) in [6.07, 6.45) is 10.8. The summed E-state index contributed by atoms with van der Waals surface area (Å²) in [5.74, 6) is 0. The van der Waals surface area contributed by atoms with Crippen molar-refractivity contribution in [1.29, 1.82) is 0 Å². The van der Waals surface area contributed by atoms with Crippen molar-refractivity contribution in [2.45, 2.75) is 72.3 Å². The van der Waals surface area contributed by atoms with E-state index in [1.165, 1.54) is 10.9 Å². The summed E-state index contributed by atoms with van der Waals surface area (Å²) < 4.78 is 6.86. The number of hydrogen-bond acceptors (Lipinski definition) is 3. The second-order valence-corrected chi connectivity index (χ2v) is 4.26. The fourth-order valence-electron chi connectivity index (χ4n) is 1.70. The minimum atomic E-state index is -0.320. The van der Waals surface area contributed by atoms with E-state index in [0.29, 0.717) is 0 Å². The van der Waals surface area contributed by atoms with Crippen LogP contribution in [-0.4, -0.2) is 21.7 Å². The summed E-state index contributed by atoms with van der Waals surface area (Å²) >= 11 is 0. The van der Waals surface area contributed by atoms with Crippen molar-refractivity contribution >= 4 is 6.09 Å². The van der Waals surface area contributed by atoms with E-state index in [-0.39, 0.29) is 12.2 Å². The Balaban J connectivity index is 0.00000154. The van der Waals surface area contributed by atoms with Crippen LogP contribution >= 0.6 is 0 Å². The number of ether oxygens (including phenoxy) is 1. The minimum absolute atomic E-state index is 0.0461. The van der Waals surface area contributed by atoms with E-state index in [2.05, 4.69) is 18.8 Å². The largest absolute Gasteiger partial charge is 0.446 e. The summed E-state index contributed by atoms with van der Waals surface area (Å²) in [6, 6.07) is 0. The van der Waals surface area contributed by atoms with Crippen LogP contribution in [-0.2, 0) is 4.74 Å². The van der Waals surface area contributed by atoms with Gasteiger partial charge in [-0.15, -0.1) is 0 Å². The third-order valence-corrected chi connectivity index (χ3v) is 2.74. The van der Waals surface area contributed by atoms with E-state index in [1.807, 2.05) is 13.8 Å². The molecule has 0 aliphatic rings. The van der Waals surface area contributed by atoms with E-state index in [4.69, 9.17) is 4.74 Å². The van der Waals surface area contributed by atoms with Crippen molar-refractivity contribution in [2.24, 2.45) is 0 Å². The first-order chi connectivity index (χ1) is 9.27. The van der Waals surface area contributed by atoms with Crippen molar-refractivity contribution in [3.05, 3.63) is 18.7 Å². The Morgan fingerprint density at radius 3 is 2.21 bits per heavy atom. The van der Waals surface area contributed by atoms with Crippen LogP contribution in [0.25, 0.3) is 0 Å². The van der Waals surface area contributed by atoms with Crippen LogP contribution in [0.15, 0.2) is 18.7 Å². The number of rotatable bonds is 7. The van der Waals surface area contributed by atoms with Gasteiger partial charge in [0.25, 0.3) is 0 Å². The maximum Gasteiger partial charge on any atom is 0.419 e. The number of hydrogen-bond donors (Lipinski definition) is 0. The molecule has 0 unspecified atom stereocenters. The van der Waals surface area contributed by atoms with Gasteiger partial charge in [0.2, 0.25) is 0 Å². The first-order valence-corrected chi connectivity index (χ1v) is 7.46.